The number of ether oxygens (including phenoxy) is 1. The third-order valence-corrected chi connectivity index (χ3v) is 4.16. The van der Waals surface area contributed by atoms with Crippen LogP contribution in [-0.2, 0) is 11.2 Å². The van der Waals surface area contributed by atoms with Crippen molar-refractivity contribution in [2.75, 3.05) is 25.5 Å². The van der Waals surface area contributed by atoms with E-state index in [1.165, 1.54) is 7.11 Å². The van der Waals surface area contributed by atoms with E-state index in [9.17, 15) is 10.1 Å². The van der Waals surface area contributed by atoms with E-state index in [1.807, 2.05) is 30.0 Å². The minimum Gasteiger partial charge on any atom is -0.495 e. The van der Waals surface area contributed by atoms with Crippen LogP contribution in [0.15, 0.2) is 54.5 Å². The number of anilines is 1. The molecule has 0 unspecified atom stereocenters. The summed E-state index contributed by atoms with van der Waals surface area (Å²) in [7, 11) is 1.50. The van der Waals surface area contributed by atoms with Crippen LogP contribution in [0.2, 0.25) is 5.02 Å². The van der Waals surface area contributed by atoms with Crippen molar-refractivity contribution in [3.05, 3.63) is 65.1 Å². The Morgan fingerprint density at radius 1 is 1.37 bits per heavy atom. The second-order valence-electron chi connectivity index (χ2n) is 5.69. The first-order valence-corrected chi connectivity index (χ1v) is 8.85. The molecule has 0 saturated carbocycles. The number of nitrogens with one attached hydrogen (secondary N) is 1. The van der Waals surface area contributed by atoms with Gasteiger partial charge < -0.3 is 15.0 Å². The van der Waals surface area contributed by atoms with Crippen molar-refractivity contribution in [1.29, 1.82) is 5.26 Å². The van der Waals surface area contributed by atoms with Gasteiger partial charge in [-0.25, -0.2) is 0 Å². The molecule has 1 N–H and O–H groups in total. The van der Waals surface area contributed by atoms with E-state index in [2.05, 4.69) is 10.3 Å². The number of carbonyl (C=O) groups is 1. The number of nitriles is 1. The van der Waals surface area contributed by atoms with E-state index in [1.54, 1.807) is 36.8 Å². The number of carbonyl (C=O) groups excluding carboxylic acids is 1. The molecule has 2 aromatic rings. The molecule has 27 heavy (non-hydrogen) atoms. The van der Waals surface area contributed by atoms with Crippen LogP contribution in [0.4, 0.5) is 5.69 Å². The van der Waals surface area contributed by atoms with Crippen molar-refractivity contribution >= 4 is 23.2 Å². The monoisotopic (exact) mass is 384 g/mol. The number of benzene rings is 1. The molecule has 0 fully saturated rings. The van der Waals surface area contributed by atoms with Crippen molar-refractivity contribution in [3.8, 4) is 11.8 Å². The highest BCUT2D eigenvalue weighted by Gasteiger charge is 2.14. The van der Waals surface area contributed by atoms with Crippen LogP contribution < -0.4 is 10.1 Å². The molecule has 2 rings (SSSR count). The summed E-state index contributed by atoms with van der Waals surface area (Å²) in [5.74, 6) is -0.0458. The Kier molecular flexibility index (Phi) is 7.65. The number of rotatable bonds is 8. The number of aromatic nitrogens is 1. The molecule has 0 aliphatic carbocycles. The number of pyridine rings is 1. The molecule has 7 heteroatoms. The van der Waals surface area contributed by atoms with Crippen LogP contribution in [0.3, 0.4) is 0 Å². The fraction of sp³-hybridized carbons (Fsp3) is 0.250. The zero-order valence-corrected chi connectivity index (χ0v) is 16.0. The lowest BCUT2D eigenvalue weighted by molar-refractivity contribution is -0.112. The van der Waals surface area contributed by atoms with Crippen LogP contribution in [0, 0.1) is 11.3 Å². The van der Waals surface area contributed by atoms with Gasteiger partial charge in [0, 0.05) is 36.7 Å². The Morgan fingerprint density at radius 2 is 2.11 bits per heavy atom. The number of amides is 1. The maximum Gasteiger partial charge on any atom is 0.267 e. The molecule has 0 saturated heterocycles. The van der Waals surface area contributed by atoms with Crippen LogP contribution in [0.5, 0.6) is 5.75 Å². The van der Waals surface area contributed by atoms with Gasteiger partial charge in [-0.2, -0.15) is 5.26 Å². The van der Waals surface area contributed by atoms with Crippen LogP contribution >= 0.6 is 11.6 Å². The summed E-state index contributed by atoms with van der Waals surface area (Å²) >= 11 is 5.98. The predicted molar refractivity (Wildman–Crippen MR) is 106 cm³/mol. The third kappa shape index (κ3) is 6.01. The Balaban J connectivity index is 2.10. The minimum absolute atomic E-state index is 0.00797. The highest BCUT2D eigenvalue weighted by Crippen LogP contribution is 2.28. The zero-order valence-electron chi connectivity index (χ0n) is 15.3. The van der Waals surface area contributed by atoms with Gasteiger partial charge in [0.2, 0.25) is 0 Å². The van der Waals surface area contributed by atoms with Gasteiger partial charge in [0.05, 0.1) is 12.8 Å². The van der Waals surface area contributed by atoms with Gasteiger partial charge in [-0.3, -0.25) is 9.78 Å². The van der Waals surface area contributed by atoms with Crippen molar-refractivity contribution in [3.63, 3.8) is 0 Å². The SMILES string of the molecule is CCN(/C=C(/C#N)C(=O)Nc1cc(Cl)ccc1OC)CCc1ccncc1. The predicted octanol–water partition coefficient (Wildman–Crippen LogP) is 3.65. The lowest BCUT2D eigenvalue weighted by Crippen LogP contribution is -2.23. The first kappa shape index (κ1) is 20.3. The molecule has 0 bridgehead atoms. The summed E-state index contributed by atoms with van der Waals surface area (Å²) in [6.45, 7) is 3.32. The molecule has 0 spiro atoms. The number of hydrogen-bond donors (Lipinski definition) is 1. The summed E-state index contributed by atoms with van der Waals surface area (Å²) in [5.41, 5.74) is 1.56. The van der Waals surface area contributed by atoms with Gasteiger partial charge in [-0.05, 0) is 49.2 Å². The fourth-order valence-corrected chi connectivity index (χ4v) is 2.60. The van der Waals surface area contributed by atoms with Gasteiger partial charge in [0.15, 0.2) is 0 Å². The highest BCUT2D eigenvalue weighted by molar-refractivity contribution is 6.31. The number of hydrogen-bond acceptors (Lipinski definition) is 5. The van der Waals surface area contributed by atoms with Crippen LogP contribution in [0.25, 0.3) is 0 Å². The molecular formula is C20H21ClN4O2. The Labute approximate surface area is 164 Å². The normalized spacial score (nSPS) is 10.8. The van der Waals surface area contributed by atoms with Gasteiger partial charge in [-0.1, -0.05) is 11.6 Å². The Morgan fingerprint density at radius 3 is 2.74 bits per heavy atom. The largest absolute Gasteiger partial charge is 0.495 e. The van der Waals surface area contributed by atoms with Gasteiger partial charge in [0.25, 0.3) is 5.91 Å². The lowest BCUT2D eigenvalue weighted by atomic mass is 10.2. The first-order valence-electron chi connectivity index (χ1n) is 8.47. The molecule has 0 radical (unpaired) electrons. The number of nitrogens with zero attached hydrogens (tertiary/aromatic N) is 3. The van der Waals surface area contributed by atoms with E-state index in [-0.39, 0.29) is 5.57 Å². The van der Waals surface area contributed by atoms with E-state index >= 15 is 0 Å². The van der Waals surface area contributed by atoms with E-state index < -0.39 is 5.91 Å². The molecule has 140 valence electrons. The molecule has 0 aliphatic rings. The quantitative estimate of drug-likeness (QED) is 0.555. The Bertz CT molecular complexity index is 847. The molecular weight excluding hydrogens is 364 g/mol. The van der Waals surface area contributed by atoms with Gasteiger partial charge in [-0.15, -0.1) is 0 Å². The smallest absolute Gasteiger partial charge is 0.267 e. The van der Waals surface area contributed by atoms with E-state index in [4.69, 9.17) is 16.3 Å². The molecule has 1 aromatic heterocycles. The van der Waals surface area contributed by atoms with Crippen molar-refractivity contribution in [1.82, 2.24) is 9.88 Å². The Hall–Kier alpha value is -3.04. The van der Waals surface area contributed by atoms with Crippen molar-refractivity contribution < 1.29 is 9.53 Å². The number of likely N-dealkylation sites (N-methyl/N-ethyl adjacent to an activating group) is 1. The van der Waals surface area contributed by atoms with Crippen LogP contribution in [-0.4, -0.2) is 36.0 Å². The fourth-order valence-electron chi connectivity index (χ4n) is 2.42. The average molecular weight is 385 g/mol. The van der Waals surface area contributed by atoms with Gasteiger partial charge in [0.1, 0.15) is 17.4 Å². The molecule has 0 atom stereocenters. The summed E-state index contributed by atoms with van der Waals surface area (Å²) in [6, 6.07) is 10.7. The third-order valence-electron chi connectivity index (χ3n) is 3.93. The highest BCUT2D eigenvalue weighted by atomic mass is 35.5. The second kappa shape index (κ2) is 10.2. The molecule has 1 aromatic carbocycles. The molecule has 1 amide bonds. The second-order valence-corrected chi connectivity index (χ2v) is 6.12. The maximum atomic E-state index is 12.5. The summed E-state index contributed by atoms with van der Waals surface area (Å²) in [4.78, 5) is 18.4. The van der Waals surface area contributed by atoms with E-state index in [0.29, 0.717) is 29.5 Å². The van der Waals surface area contributed by atoms with E-state index in [0.717, 1.165) is 12.0 Å². The van der Waals surface area contributed by atoms with Crippen LogP contribution in [0.1, 0.15) is 12.5 Å². The topological polar surface area (TPSA) is 78.2 Å². The average Bonchev–Trinajstić information content (AvgIpc) is 2.69. The maximum absolute atomic E-state index is 12.5. The molecule has 1 heterocycles. The zero-order chi connectivity index (χ0) is 19.6. The first-order chi connectivity index (χ1) is 13.1. The van der Waals surface area contributed by atoms with Crippen molar-refractivity contribution in [2.24, 2.45) is 0 Å². The number of methoxy groups -OCH3 is 1. The van der Waals surface area contributed by atoms with Crippen molar-refractivity contribution in [2.45, 2.75) is 13.3 Å². The summed E-state index contributed by atoms with van der Waals surface area (Å²) in [6.07, 6.45) is 5.85. The minimum atomic E-state index is -0.513. The molecule has 6 nitrogen and oxygen atoms in total. The van der Waals surface area contributed by atoms with Gasteiger partial charge >= 0.3 is 0 Å². The standard InChI is InChI=1S/C20H21ClN4O2/c1-3-25(11-8-15-6-9-23-10-7-15)14-16(13-22)20(26)24-18-12-17(21)4-5-19(18)27-2/h4-7,9-10,12,14H,3,8,11H2,1-2H3,(H,24,26)/b16-14-. The summed E-state index contributed by atoms with van der Waals surface area (Å²) in [5, 5.41) is 12.6. The lowest BCUT2D eigenvalue weighted by Gasteiger charge is -2.19. The summed E-state index contributed by atoms with van der Waals surface area (Å²) < 4.78 is 5.21. The molecule has 0 aliphatic heterocycles. The number of halogens is 1.